The van der Waals surface area contributed by atoms with Crippen molar-refractivity contribution in [2.24, 2.45) is 0 Å². The molecule has 0 aliphatic rings. The minimum Gasteiger partial charge on any atom is -0.488 e. The fourth-order valence-corrected chi connectivity index (χ4v) is 1.52. The summed E-state index contributed by atoms with van der Waals surface area (Å²) in [6.07, 6.45) is 3.45. The maximum atomic E-state index is 11.5. The Balaban J connectivity index is 2.72. The second-order valence-corrected chi connectivity index (χ2v) is 3.62. The third-order valence-corrected chi connectivity index (χ3v) is 2.46. The van der Waals surface area contributed by atoms with Crippen molar-refractivity contribution in [1.29, 1.82) is 0 Å². The van der Waals surface area contributed by atoms with Crippen molar-refractivity contribution in [1.82, 2.24) is 0 Å². The standard InChI is InChI=1S/C15H18O3/c1-4-13(15(16)17-3)14(5-2)18-11-12-9-7-6-8-10-12/h4-10H,11H2,1-3H3/b13-4+,14-5+. The summed E-state index contributed by atoms with van der Waals surface area (Å²) in [6.45, 7) is 4.03. The summed E-state index contributed by atoms with van der Waals surface area (Å²) in [5.74, 6) is 0.145. The van der Waals surface area contributed by atoms with Crippen LogP contribution in [-0.4, -0.2) is 13.1 Å². The third-order valence-electron chi connectivity index (χ3n) is 2.46. The van der Waals surface area contributed by atoms with Gasteiger partial charge >= 0.3 is 5.97 Å². The number of ether oxygens (including phenoxy) is 2. The number of benzene rings is 1. The Morgan fingerprint density at radius 1 is 1.17 bits per heavy atom. The van der Waals surface area contributed by atoms with Gasteiger partial charge in [-0.25, -0.2) is 4.79 Å². The summed E-state index contributed by atoms with van der Waals surface area (Å²) in [7, 11) is 1.36. The summed E-state index contributed by atoms with van der Waals surface area (Å²) < 4.78 is 10.4. The summed E-state index contributed by atoms with van der Waals surface area (Å²) in [5.41, 5.74) is 1.49. The van der Waals surface area contributed by atoms with Gasteiger partial charge in [0.05, 0.1) is 12.7 Å². The third kappa shape index (κ3) is 3.77. The van der Waals surface area contributed by atoms with Gasteiger partial charge in [0.2, 0.25) is 0 Å². The van der Waals surface area contributed by atoms with Crippen LogP contribution in [-0.2, 0) is 20.9 Å². The van der Waals surface area contributed by atoms with Gasteiger partial charge in [-0.2, -0.15) is 0 Å². The number of methoxy groups -OCH3 is 1. The second-order valence-electron chi connectivity index (χ2n) is 3.62. The largest absolute Gasteiger partial charge is 0.488 e. The molecule has 96 valence electrons. The number of hydrogen-bond acceptors (Lipinski definition) is 3. The molecule has 0 radical (unpaired) electrons. The van der Waals surface area contributed by atoms with E-state index in [-0.39, 0.29) is 0 Å². The maximum Gasteiger partial charge on any atom is 0.341 e. The lowest BCUT2D eigenvalue weighted by Crippen LogP contribution is -2.09. The Labute approximate surface area is 108 Å². The molecule has 18 heavy (non-hydrogen) atoms. The average molecular weight is 246 g/mol. The maximum absolute atomic E-state index is 11.5. The highest BCUT2D eigenvalue weighted by Crippen LogP contribution is 2.15. The van der Waals surface area contributed by atoms with E-state index < -0.39 is 5.97 Å². The molecule has 3 heteroatoms. The number of carbonyl (C=O) groups is 1. The molecule has 0 unspecified atom stereocenters. The summed E-state index contributed by atoms with van der Waals surface area (Å²) in [6, 6.07) is 9.79. The zero-order valence-electron chi connectivity index (χ0n) is 11.0. The molecule has 1 aromatic rings. The van der Waals surface area contributed by atoms with Gasteiger partial charge in [-0.1, -0.05) is 36.4 Å². The topological polar surface area (TPSA) is 35.5 Å². The molecule has 0 N–H and O–H groups in total. The second kappa shape index (κ2) is 7.33. The summed E-state index contributed by atoms with van der Waals surface area (Å²) >= 11 is 0. The van der Waals surface area contributed by atoms with Crippen molar-refractivity contribution in [3.8, 4) is 0 Å². The molecule has 0 amide bonds. The first-order valence-electron chi connectivity index (χ1n) is 5.81. The van der Waals surface area contributed by atoms with Crippen LogP contribution >= 0.6 is 0 Å². The number of rotatable bonds is 5. The van der Waals surface area contributed by atoms with Gasteiger partial charge < -0.3 is 9.47 Å². The van der Waals surface area contributed by atoms with E-state index in [4.69, 9.17) is 9.47 Å². The van der Waals surface area contributed by atoms with E-state index in [1.165, 1.54) is 7.11 Å². The van der Waals surface area contributed by atoms with Crippen molar-refractivity contribution in [2.45, 2.75) is 20.5 Å². The van der Waals surface area contributed by atoms with Crippen molar-refractivity contribution in [2.75, 3.05) is 7.11 Å². The lowest BCUT2D eigenvalue weighted by molar-refractivity contribution is -0.136. The van der Waals surface area contributed by atoms with E-state index >= 15 is 0 Å². The first-order valence-corrected chi connectivity index (χ1v) is 5.81. The average Bonchev–Trinajstić information content (AvgIpc) is 2.43. The molecule has 0 saturated carbocycles. The number of hydrogen-bond donors (Lipinski definition) is 0. The zero-order chi connectivity index (χ0) is 13.4. The van der Waals surface area contributed by atoms with Gasteiger partial charge in [0.15, 0.2) is 0 Å². The molecule has 0 bridgehead atoms. The van der Waals surface area contributed by atoms with Gasteiger partial charge in [-0.15, -0.1) is 0 Å². The molecular weight excluding hydrogens is 228 g/mol. The molecule has 0 heterocycles. The Morgan fingerprint density at radius 2 is 1.83 bits per heavy atom. The van der Waals surface area contributed by atoms with E-state index in [2.05, 4.69) is 0 Å². The quantitative estimate of drug-likeness (QED) is 0.346. The monoisotopic (exact) mass is 246 g/mol. The number of esters is 1. The highest BCUT2D eigenvalue weighted by atomic mass is 16.5. The molecule has 0 atom stereocenters. The Bertz CT molecular complexity index is 444. The summed E-state index contributed by atoms with van der Waals surface area (Å²) in [5, 5.41) is 0. The van der Waals surface area contributed by atoms with Crippen LogP contribution in [0.3, 0.4) is 0 Å². The molecular formula is C15H18O3. The van der Waals surface area contributed by atoms with Gasteiger partial charge in [-0.3, -0.25) is 0 Å². The lowest BCUT2D eigenvalue weighted by atomic mass is 10.2. The van der Waals surface area contributed by atoms with Crippen LogP contribution in [0.5, 0.6) is 0 Å². The first-order chi connectivity index (χ1) is 8.72. The van der Waals surface area contributed by atoms with Gasteiger partial charge in [0, 0.05) is 0 Å². The molecule has 0 aliphatic heterocycles. The van der Waals surface area contributed by atoms with Crippen molar-refractivity contribution in [3.63, 3.8) is 0 Å². The van der Waals surface area contributed by atoms with Crippen LogP contribution in [0.4, 0.5) is 0 Å². The van der Waals surface area contributed by atoms with E-state index in [1.807, 2.05) is 37.3 Å². The molecule has 3 nitrogen and oxygen atoms in total. The van der Waals surface area contributed by atoms with Crippen LogP contribution < -0.4 is 0 Å². The van der Waals surface area contributed by atoms with Crippen LogP contribution in [0.1, 0.15) is 19.4 Å². The number of carbonyl (C=O) groups excluding carboxylic acids is 1. The molecule has 1 rings (SSSR count). The van der Waals surface area contributed by atoms with Crippen molar-refractivity contribution < 1.29 is 14.3 Å². The van der Waals surface area contributed by atoms with Gasteiger partial charge in [0.1, 0.15) is 12.4 Å². The SMILES string of the molecule is C/C=C(OCc1ccccc1)\C(=C/C)C(=O)OC. The fraction of sp³-hybridized carbons (Fsp3) is 0.267. The smallest absolute Gasteiger partial charge is 0.341 e. The van der Waals surface area contributed by atoms with E-state index in [0.717, 1.165) is 5.56 Å². The Kier molecular flexibility index (Phi) is 5.71. The molecule has 0 spiro atoms. The van der Waals surface area contributed by atoms with Gasteiger partial charge in [0.25, 0.3) is 0 Å². The predicted octanol–water partition coefficient (Wildman–Crippen LogP) is 3.23. The zero-order valence-corrected chi connectivity index (χ0v) is 11.0. The highest BCUT2D eigenvalue weighted by molar-refractivity contribution is 5.92. The van der Waals surface area contributed by atoms with Gasteiger partial charge in [-0.05, 0) is 25.5 Å². The molecule has 0 fully saturated rings. The Hall–Kier alpha value is -2.03. The fourth-order valence-electron chi connectivity index (χ4n) is 1.52. The van der Waals surface area contributed by atoms with E-state index in [1.54, 1.807) is 19.1 Å². The molecule has 0 saturated heterocycles. The Morgan fingerprint density at radius 3 is 2.33 bits per heavy atom. The van der Waals surface area contributed by atoms with Crippen LogP contribution in [0.2, 0.25) is 0 Å². The molecule has 0 aromatic heterocycles. The number of allylic oxidation sites excluding steroid dienone is 2. The normalized spacial score (nSPS) is 12.2. The minimum atomic E-state index is -0.390. The van der Waals surface area contributed by atoms with Crippen LogP contribution in [0.25, 0.3) is 0 Å². The molecule has 0 aliphatic carbocycles. The van der Waals surface area contributed by atoms with Crippen LogP contribution in [0, 0.1) is 0 Å². The van der Waals surface area contributed by atoms with Crippen LogP contribution in [0.15, 0.2) is 53.8 Å². The van der Waals surface area contributed by atoms with E-state index in [0.29, 0.717) is 17.9 Å². The van der Waals surface area contributed by atoms with E-state index in [9.17, 15) is 4.79 Å². The van der Waals surface area contributed by atoms with Crippen molar-refractivity contribution >= 4 is 5.97 Å². The summed E-state index contributed by atoms with van der Waals surface area (Å²) in [4.78, 5) is 11.5. The minimum absolute atomic E-state index is 0.390. The highest BCUT2D eigenvalue weighted by Gasteiger charge is 2.14. The predicted molar refractivity (Wildman–Crippen MR) is 70.8 cm³/mol. The molecule has 1 aromatic carbocycles. The first kappa shape index (κ1) is 14.0. The van der Waals surface area contributed by atoms with Crippen molar-refractivity contribution in [3.05, 3.63) is 59.4 Å². The lowest BCUT2D eigenvalue weighted by Gasteiger charge is -2.12.